The van der Waals surface area contributed by atoms with Crippen LogP contribution in [0.2, 0.25) is 0 Å². The Balaban J connectivity index is 1.75. The van der Waals surface area contributed by atoms with Gasteiger partial charge in [-0.15, -0.1) is 0 Å². The molecule has 0 saturated carbocycles. The molecule has 2 atom stereocenters. The molecule has 5 nitrogen and oxygen atoms in total. The molecule has 1 fully saturated rings. The lowest BCUT2D eigenvalue weighted by atomic mass is 9.98. The first kappa shape index (κ1) is 9.89. The number of benzene rings is 1. The van der Waals surface area contributed by atoms with E-state index in [4.69, 9.17) is 15.2 Å². The van der Waals surface area contributed by atoms with Gasteiger partial charge < -0.3 is 15.2 Å². The summed E-state index contributed by atoms with van der Waals surface area (Å²) in [4.78, 5) is 0. The van der Waals surface area contributed by atoms with Crippen LogP contribution in [0.15, 0.2) is 18.2 Å². The summed E-state index contributed by atoms with van der Waals surface area (Å²) in [5, 5.41) is 0. The number of nitrogens with one attached hydrogen (secondary N) is 2. The first-order valence-corrected chi connectivity index (χ1v) is 5.45. The SMILES string of the molecule is NC1NNCC1Cc1ccc2c(c1)OCO2. The van der Waals surface area contributed by atoms with Gasteiger partial charge in [0.15, 0.2) is 11.5 Å². The first-order valence-electron chi connectivity index (χ1n) is 5.45. The van der Waals surface area contributed by atoms with Crippen molar-refractivity contribution in [3.8, 4) is 11.5 Å². The van der Waals surface area contributed by atoms with Gasteiger partial charge in [0.05, 0.1) is 6.17 Å². The van der Waals surface area contributed by atoms with Crippen LogP contribution in [-0.2, 0) is 6.42 Å². The Bertz CT molecular complexity index is 397. The summed E-state index contributed by atoms with van der Waals surface area (Å²) >= 11 is 0. The first-order chi connectivity index (χ1) is 7.83. The van der Waals surface area contributed by atoms with Gasteiger partial charge in [-0.05, 0) is 24.1 Å². The van der Waals surface area contributed by atoms with Gasteiger partial charge in [0.1, 0.15) is 0 Å². The van der Waals surface area contributed by atoms with Crippen molar-refractivity contribution in [3.63, 3.8) is 0 Å². The number of hydrazine groups is 1. The van der Waals surface area contributed by atoms with Gasteiger partial charge in [0.25, 0.3) is 0 Å². The van der Waals surface area contributed by atoms with E-state index in [-0.39, 0.29) is 6.17 Å². The van der Waals surface area contributed by atoms with E-state index < -0.39 is 0 Å². The zero-order valence-corrected chi connectivity index (χ0v) is 8.90. The summed E-state index contributed by atoms with van der Waals surface area (Å²) in [6, 6.07) is 6.06. The van der Waals surface area contributed by atoms with Crippen LogP contribution in [0.1, 0.15) is 5.56 Å². The average molecular weight is 221 g/mol. The molecule has 2 unspecified atom stereocenters. The van der Waals surface area contributed by atoms with Gasteiger partial charge >= 0.3 is 0 Å². The third-order valence-electron chi connectivity index (χ3n) is 3.08. The highest BCUT2D eigenvalue weighted by molar-refractivity contribution is 5.44. The van der Waals surface area contributed by atoms with E-state index >= 15 is 0 Å². The lowest BCUT2D eigenvalue weighted by molar-refractivity contribution is 0.174. The van der Waals surface area contributed by atoms with Crippen molar-refractivity contribution in [1.82, 2.24) is 10.9 Å². The fourth-order valence-corrected chi connectivity index (χ4v) is 2.12. The Morgan fingerprint density at radius 3 is 3.00 bits per heavy atom. The highest BCUT2D eigenvalue weighted by Gasteiger charge is 2.24. The predicted octanol–water partition coefficient (Wildman–Crippen LogP) is -0.0334. The lowest BCUT2D eigenvalue weighted by Gasteiger charge is -2.13. The number of nitrogens with two attached hydrogens (primary N) is 1. The molecule has 0 amide bonds. The maximum absolute atomic E-state index is 5.91. The lowest BCUT2D eigenvalue weighted by Crippen LogP contribution is -2.39. The fraction of sp³-hybridized carbons (Fsp3) is 0.455. The molecule has 3 rings (SSSR count). The molecule has 0 aromatic heterocycles. The van der Waals surface area contributed by atoms with Crippen LogP contribution in [0.25, 0.3) is 0 Å². The van der Waals surface area contributed by atoms with E-state index in [1.165, 1.54) is 5.56 Å². The summed E-state index contributed by atoms with van der Waals surface area (Å²) in [6.45, 7) is 1.22. The average Bonchev–Trinajstić information content (AvgIpc) is 2.88. The molecule has 0 aliphatic carbocycles. The van der Waals surface area contributed by atoms with E-state index in [0.717, 1.165) is 24.5 Å². The summed E-state index contributed by atoms with van der Waals surface area (Å²) in [5.74, 6) is 2.08. The maximum atomic E-state index is 5.91. The molecule has 0 spiro atoms. The van der Waals surface area contributed by atoms with Gasteiger partial charge in [0.2, 0.25) is 6.79 Å². The van der Waals surface area contributed by atoms with Crippen LogP contribution < -0.4 is 26.1 Å². The number of ether oxygens (including phenoxy) is 2. The quantitative estimate of drug-likeness (QED) is 0.654. The van der Waals surface area contributed by atoms with Crippen molar-refractivity contribution in [2.75, 3.05) is 13.3 Å². The van der Waals surface area contributed by atoms with E-state index in [1.807, 2.05) is 12.1 Å². The normalized spacial score (nSPS) is 27.3. The van der Waals surface area contributed by atoms with Crippen LogP contribution in [0.4, 0.5) is 0 Å². The van der Waals surface area contributed by atoms with Gasteiger partial charge in [-0.2, -0.15) is 0 Å². The van der Waals surface area contributed by atoms with E-state index in [2.05, 4.69) is 16.9 Å². The molecule has 0 radical (unpaired) electrons. The number of hydrogen-bond donors (Lipinski definition) is 3. The molecule has 16 heavy (non-hydrogen) atoms. The third kappa shape index (κ3) is 1.73. The minimum absolute atomic E-state index is 0.0189. The molecule has 2 aliphatic heterocycles. The van der Waals surface area contributed by atoms with Crippen molar-refractivity contribution >= 4 is 0 Å². The molecule has 1 aromatic rings. The number of fused-ring (bicyclic) bond motifs is 1. The summed E-state index contributed by atoms with van der Waals surface area (Å²) in [7, 11) is 0. The second kappa shape index (κ2) is 3.93. The van der Waals surface area contributed by atoms with Gasteiger partial charge in [-0.1, -0.05) is 6.07 Å². The molecule has 4 N–H and O–H groups in total. The van der Waals surface area contributed by atoms with Crippen molar-refractivity contribution in [1.29, 1.82) is 0 Å². The number of hydrogen-bond acceptors (Lipinski definition) is 5. The second-order valence-corrected chi connectivity index (χ2v) is 4.20. The van der Waals surface area contributed by atoms with Crippen molar-refractivity contribution in [2.45, 2.75) is 12.6 Å². The fourth-order valence-electron chi connectivity index (χ4n) is 2.12. The molecular formula is C11H15N3O2. The molecule has 2 heterocycles. The smallest absolute Gasteiger partial charge is 0.231 e. The van der Waals surface area contributed by atoms with E-state index in [1.54, 1.807) is 0 Å². The third-order valence-corrected chi connectivity index (χ3v) is 3.08. The minimum Gasteiger partial charge on any atom is -0.454 e. The predicted molar refractivity (Wildman–Crippen MR) is 58.9 cm³/mol. The molecule has 1 aromatic carbocycles. The molecule has 1 saturated heterocycles. The monoisotopic (exact) mass is 221 g/mol. The van der Waals surface area contributed by atoms with Gasteiger partial charge in [0, 0.05) is 12.5 Å². The number of rotatable bonds is 2. The van der Waals surface area contributed by atoms with Crippen LogP contribution in [0, 0.1) is 5.92 Å². The largest absolute Gasteiger partial charge is 0.454 e. The molecular weight excluding hydrogens is 206 g/mol. The minimum atomic E-state index is 0.0189. The summed E-state index contributed by atoms with van der Waals surface area (Å²) in [5.41, 5.74) is 13.2. The Morgan fingerprint density at radius 2 is 2.19 bits per heavy atom. The Hall–Kier alpha value is -1.30. The van der Waals surface area contributed by atoms with Crippen molar-refractivity contribution in [2.24, 2.45) is 11.7 Å². The van der Waals surface area contributed by atoms with Crippen molar-refractivity contribution in [3.05, 3.63) is 23.8 Å². The topological polar surface area (TPSA) is 68.5 Å². The van der Waals surface area contributed by atoms with E-state index in [0.29, 0.717) is 12.7 Å². The zero-order chi connectivity index (χ0) is 11.0. The van der Waals surface area contributed by atoms with Crippen LogP contribution in [0.5, 0.6) is 11.5 Å². The molecule has 5 heteroatoms. The maximum Gasteiger partial charge on any atom is 0.231 e. The Kier molecular flexibility index (Phi) is 2.43. The Labute approximate surface area is 93.9 Å². The standard InChI is InChI=1S/C11H15N3O2/c12-11-8(5-13-14-11)3-7-1-2-9-10(4-7)16-6-15-9/h1-2,4,8,11,13-14H,3,5-6,12H2. The van der Waals surface area contributed by atoms with Crippen LogP contribution >= 0.6 is 0 Å². The van der Waals surface area contributed by atoms with Crippen LogP contribution in [-0.4, -0.2) is 19.5 Å². The van der Waals surface area contributed by atoms with Gasteiger partial charge in [-0.3, -0.25) is 5.43 Å². The highest BCUT2D eigenvalue weighted by atomic mass is 16.7. The highest BCUT2D eigenvalue weighted by Crippen LogP contribution is 2.33. The molecule has 0 bridgehead atoms. The molecule has 2 aliphatic rings. The molecule has 86 valence electrons. The summed E-state index contributed by atoms with van der Waals surface area (Å²) < 4.78 is 10.6. The second-order valence-electron chi connectivity index (χ2n) is 4.20. The van der Waals surface area contributed by atoms with Gasteiger partial charge in [-0.25, -0.2) is 5.43 Å². The Morgan fingerprint density at radius 1 is 1.31 bits per heavy atom. The zero-order valence-electron chi connectivity index (χ0n) is 8.90. The van der Waals surface area contributed by atoms with E-state index in [9.17, 15) is 0 Å². The summed E-state index contributed by atoms with van der Waals surface area (Å²) in [6.07, 6.45) is 0.961. The van der Waals surface area contributed by atoms with Crippen LogP contribution in [0.3, 0.4) is 0 Å². The van der Waals surface area contributed by atoms with Crippen molar-refractivity contribution < 1.29 is 9.47 Å².